The lowest BCUT2D eigenvalue weighted by Gasteiger charge is -2.49. The van der Waals surface area contributed by atoms with Crippen molar-refractivity contribution >= 4 is 110 Å². The number of carbonyl (C=O) groups excluding carboxylic acids is 7. The van der Waals surface area contributed by atoms with Crippen LogP contribution in [0.15, 0.2) is 24.3 Å². The molecule has 0 aromatic heterocycles. The summed E-state index contributed by atoms with van der Waals surface area (Å²) in [6.45, 7) is 4.46. The van der Waals surface area contributed by atoms with E-state index in [9.17, 15) is 33.6 Å². The number of amides is 3. The number of primary amides is 1. The van der Waals surface area contributed by atoms with Gasteiger partial charge in [0.15, 0.2) is 10.2 Å². The quantitative estimate of drug-likeness (QED) is 0.0582. The molecular formula is C24H28I3N3O11. The van der Waals surface area contributed by atoms with Gasteiger partial charge in [-0.05, 0) is 34.7 Å². The first kappa shape index (κ1) is 36.7. The smallest absolute Gasteiger partial charge is 0.305 e. The molecular weight excluding hydrogens is 887 g/mol. The summed E-state index contributed by atoms with van der Waals surface area (Å²) < 4.78 is 19.6. The number of carbonyl (C=O) groups is 7. The Morgan fingerprint density at radius 2 is 1.39 bits per heavy atom. The van der Waals surface area contributed by atoms with Gasteiger partial charge in [-0.2, -0.15) is 0 Å². The number of hydrogen-bond donors (Lipinski definition) is 1. The van der Waals surface area contributed by atoms with E-state index in [-0.39, 0.29) is 11.1 Å². The van der Waals surface area contributed by atoms with E-state index in [0.29, 0.717) is 0 Å². The van der Waals surface area contributed by atoms with Crippen molar-refractivity contribution in [3.05, 3.63) is 35.4 Å². The fourth-order valence-electron chi connectivity index (χ4n) is 3.52. The molecule has 14 nitrogen and oxygen atoms in total. The van der Waals surface area contributed by atoms with Gasteiger partial charge < -0.3 is 24.7 Å². The van der Waals surface area contributed by atoms with Crippen LogP contribution in [0.4, 0.5) is 0 Å². The van der Waals surface area contributed by atoms with Crippen molar-refractivity contribution in [2.75, 3.05) is 13.2 Å². The van der Waals surface area contributed by atoms with Crippen LogP contribution in [-0.4, -0.2) is 82.8 Å². The molecule has 4 atom stereocenters. The average molecular weight is 915 g/mol. The molecule has 0 fully saturated rings. The second kappa shape index (κ2) is 16.4. The number of ether oxygens (including phenoxy) is 4. The van der Waals surface area contributed by atoms with Crippen LogP contribution in [0, 0.1) is 0 Å². The Morgan fingerprint density at radius 3 is 1.83 bits per heavy atom. The molecule has 0 aliphatic rings. The monoisotopic (exact) mass is 915 g/mol. The fraction of sp³-hybridized carbons (Fsp3) is 0.458. The number of esters is 4. The minimum Gasteiger partial charge on any atom is -0.462 e. The zero-order valence-electron chi connectivity index (χ0n) is 22.6. The van der Waals surface area contributed by atoms with Crippen molar-refractivity contribution in [3.8, 4) is 0 Å². The lowest BCUT2D eigenvalue weighted by Crippen LogP contribution is -2.69. The van der Waals surface area contributed by atoms with Gasteiger partial charge in [0.1, 0.15) is 6.61 Å². The molecule has 0 aliphatic heterocycles. The molecule has 0 bridgehead atoms. The van der Waals surface area contributed by atoms with E-state index >= 15 is 0 Å². The van der Waals surface area contributed by atoms with E-state index in [1.165, 1.54) is 24.3 Å². The summed E-state index contributed by atoms with van der Waals surface area (Å²) in [4.78, 5) is 87.7. The van der Waals surface area contributed by atoms with Crippen LogP contribution in [-0.2, 0) is 42.9 Å². The predicted octanol–water partition coefficient (Wildman–Crippen LogP) is 2.27. The summed E-state index contributed by atoms with van der Waals surface area (Å²) in [6, 6.07) is 5.72. The number of halogens is 3. The molecule has 4 unspecified atom stereocenters. The Hall–Kier alpha value is -2.30. The van der Waals surface area contributed by atoms with Crippen LogP contribution >= 0.6 is 68.0 Å². The van der Waals surface area contributed by atoms with E-state index < -0.39 is 74.7 Å². The summed E-state index contributed by atoms with van der Waals surface area (Å²) in [5.41, 5.74) is 3.01. The number of alkyl halides is 2. The third-order valence-corrected chi connectivity index (χ3v) is 9.71. The summed E-state index contributed by atoms with van der Waals surface area (Å²) in [5.74, 6) is -5.59. The highest BCUT2D eigenvalue weighted by Crippen LogP contribution is 2.41. The van der Waals surface area contributed by atoms with Crippen molar-refractivity contribution in [2.24, 2.45) is 5.73 Å². The van der Waals surface area contributed by atoms with Gasteiger partial charge in [-0.15, -0.1) is 0 Å². The van der Waals surface area contributed by atoms with Gasteiger partial charge >= 0.3 is 23.9 Å². The van der Waals surface area contributed by atoms with E-state index in [1.807, 2.05) is 0 Å². The van der Waals surface area contributed by atoms with Crippen LogP contribution in [0.25, 0.3) is 0 Å². The fourth-order valence-corrected chi connectivity index (χ4v) is 7.08. The van der Waals surface area contributed by atoms with Crippen molar-refractivity contribution in [1.82, 2.24) is 8.01 Å². The van der Waals surface area contributed by atoms with Gasteiger partial charge in [-0.3, -0.25) is 41.6 Å². The third kappa shape index (κ3) is 10.2. The first-order valence-corrected chi connectivity index (χ1v) is 15.0. The minimum absolute atomic E-state index is 0.0905. The third-order valence-electron chi connectivity index (χ3n) is 5.05. The maximum atomic E-state index is 13.7. The molecule has 1 rings (SSSR count). The SMILES string of the molecule is CC(=O)OCC(CN(C(C)=O)C(OC(C)=O)(C(I)OC(C)=O)C(I)N(I)C(=O)c1ccccc1C(N)=O)OC(C)=O. The topological polar surface area (TPSA) is 189 Å². The van der Waals surface area contributed by atoms with Gasteiger partial charge in [-0.25, -0.2) is 0 Å². The minimum atomic E-state index is -2.25. The summed E-state index contributed by atoms with van der Waals surface area (Å²) in [7, 11) is 0. The first-order chi connectivity index (χ1) is 18.9. The number of benzene rings is 1. The molecule has 2 N–H and O–H groups in total. The van der Waals surface area contributed by atoms with Gasteiger partial charge in [0.2, 0.25) is 15.9 Å². The molecule has 0 saturated carbocycles. The molecule has 41 heavy (non-hydrogen) atoms. The predicted molar refractivity (Wildman–Crippen MR) is 167 cm³/mol. The van der Waals surface area contributed by atoms with Gasteiger partial charge in [0, 0.05) is 34.6 Å². The zero-order chi connectivity index (χ0) is 31.7. The molecule has 226 valence electrons. The summed E-state index contributed by atoms with van der Waals surface area (Å²) >= 11 is 4.97. The Morgan fingerprint density at radius 1 is 0.854 bits per heavy atom. The van der Waals surface area contributed by atoms with Gasteiger partial charge in [0.05, 0.1) is 40.5 Å². The van der Waals surface area contributed by atoms with E-state index in [1.54, 1.807) is 68.0 Å². The van der Waals surface area contributed by atoms with Crippen molar-refractivity contribution in [3.63, 3.8) is 0 Å². The number of rotatable bonds is 13. The normalized spacial score (nSPS) is 14.2. The maximum absolute atomic E-state index is 13.7. The highest BCUT2D eigenvalue weighted by atomic mass is 127. The molecule has 1 aromatic carbocycles. The zero-order valence-corrected chi connectivity index (χ0v) is 29.0. The molecule has 17 heteroatoms. The largest absolute Gasteiger partial charge is 0.462 e. The number of nitrogens with zero attached hydrogens (tertiary/aromatic N) is 2. The summed E-state index contributed by atoms with van der Waals surface area (Å²) in [5, 5.41) is 0. The Bertz CT molecular complexity index is 1200. The van der Waals surface area contributed by atoms with Gasteiger partial charge in [0.25, 0.3) is 11.6 Å². The Balaban J connectivity index is 3.87. The van der Waals surface area contributed by atoms with Crippen molar-refractivity contribution in [2.45, 2.75) is 54.6 Å². The van der Waals surface area contributed by atoms with Crippen LogP contribution in [0.5, 0.6) is 0 Å². The molecule has 0 aliphatic carbocycles. The van der Waals surface area contributed by atoms with Crippen molar-refractivity contribution in [1.29, 1.82) is 0 Å². The maximum Gasteiger partial charge on any atom is 0.305 e. The van der Waals surface area contributed by atoms with Crippen LogP contribution < -0.4 is 5.73 Å². The molecule has 0 spiro atoms. The van der Waals surface area contributed by atoms with Crippen LogP contribution in [0.1, 0.15) is 55.3 Å². The molecule has 0 saturated heterocycles. The standard InChI is InChI=1S/C24H28I3N3O11/c1-12(31)29(10-17(39-14(3)33)11-38-13(2)32)24(41-16(5)35,23(26)40-15(4)34)22(25)30(27)21(37)19-9-7-6-8-18(19)20(28)36/h6-9,17,22-23H,10-11H2,1-5H3,(H2,28,36). The van der Waals surface area contributed by atoms with Gasteiger partial charge in [-0.1, -0.05) is 34.7 Å². The molecule has 1 aromatic rings. The Labute approximate surface area is 277 Å². The molecule has 0 heterocycles. The van der Waals surface area contributed by atoms with E-state index in [2.05, 4.69) is 0 Å². The second-order valence-corrected chi connectivity index (χ2v) is 11.6. The highest BCUT2D eigenvalue weighted by Gasteiger charge is 2.58. The summed E-state index contributed by atoms with van der Waals surface area (Å²) in [6.07, 6.45) is -1.26. The Kier molecular flexibility index (Phi) is 14.7. The number of hydrogen-bond acceptors (Lipinski definition) is 11. The lowest BCUT2D eigenvalue weighted by molar-refractivity contribution is -0.213. The average Bonchev–Trinajstić information content (AvgIpc) is 2.86. The first-order valence-electron chi connectivity index (χ1n) is 11.6. The number of nitrogens with two attached hydrogens (primary N) is 1. The second-order valence-electron chi connectivity index (χ2n) is 8.30. The lowest BCUT2D eigenvalue weighted by atomic mass is 10.1. The van der Waals surface area contributed by atoms with E-state index in [0.717, 1.165) is 42.6 Å². The highest BCUT2D eigenvalue weighted by molar-refractivity contribution is 14.1. The van der Waals surface area contributed by atoms with Crippen LogP contribution in [0.2, 0.25) is 0 Å². The van der Waals surface area contributed by atoms with Crippen molar-refractivity contribution < 1.29 is 52.5 Å². The van der Waals surface area contributed by atoms with E-state index in [4.69, 9.17) is 24.7 Å². The molecule has 0 radical (unpaired) electrons. The van der Waals surface area contributed by atoms with Crippen LogP contribution in [0.3, 0.4) is 0 Å². The molecule has 3 amide bonds.